The van der Waals surface area contributed by atoms with Crippen LogP contribution >= 0.6 is 0 Å². The van der Waals surface area contributed by atoms with E-state index in [0.717, 1.165) is 12.2 Å². The van der Waals surface area contributed by atoms with E-state index < -0.39 is 0 Å². The van der Waals surface area contributed by atoms with E-state index in [1.807, 2.05) is 16.9 Å². The predicted octanol–water partition coefficient (Wildman–Crippen LogP) is 3.27. The van der Waals surface area contributed by atoms with Gasteiger partial charge in [-0.15, -0.1) is 0 Å². The molecule has 0 saturated heterocycles. The van der Waals surface area contributed by atoms with Gasteiger partial charge in [-0.1, -0.05) is 30.7 Å². The zero-order valence-corrected chi connectivity index (χ0v) is 11.8. The van der Waals surface area contributed by atoms with Crippen LogP contribution in [-0.4, -0.2) is 22.4 Å². The van der Waals surface area contributed by atoms with Crippen LogP contribution in [0.4, 0.5) is 0 Å². The summed E-state index contributed by atoms with van der Waals surface area (Å²) in [5.41, 5.74) is 3.64. The van der Waals surface area contributed by atoms with Crippen molar-refractivity contribution in [1.29, 1.82) is 0 Å². The van der Waals surface area contributed by atoms with Crippen LogP contribution < -0.4 is 5.32 Å². The summed E-state index contributed by atoms with van der Waals surface area (Å²) in [5, 5.41) is 7.64. The number of benzene rings is 1. The third-order valence-electron chi connectivity index (χ3n) is 3.25. The van der Waals surface area contributed by atoms with Crippen molar-refractivity contribution in [2.75, 3.05) is 6.54 Å². The largest absolute Gasteiger partial charge is 0.311 e. The molecule has 0 amide bonds. The number of hydrogen-bond acceptors (Lipinski definition) is 2. The predicted molar refractivity (Wildman–Crippen MR) is 80.4 cm³/mol. The van der Waals surface area contributed by atoms with E-state index in [1.165, 1.54) is 11.1 Å². The second-order valence-corrected chi connectivity index (χ2v) is 4.71. The number of aromatic nitrogens is 2. The first kappa shape index (κ1) is 13.6. The molecular formula is C16H21N3. The average molecular weight is 255 g/mol. The van der Waals surface area contributed by atoms with Gasteiger partial charge in [0.05, 0.1) is 5.69 Å². The number of nitrogens with one attached hydrogen (secondary N) is 1. The van der Waals surface area contributed by atoms with Gasteiger partial charge in [-0.2, -0.15) is 5.10 Å². The lowest BCUT2D eigenvalue weighted by Crippen LogP contribution is -2.26. The Kier molecular flexibility index (Phi) is 4.53. The molecule has 0 radical (unpaired) electrons. The van der Waals surface area contributed by atoms with E-state index in [4.69, 9.17) is 0 Å². The van der Waals surface area contributed by atoms with Crippen molar-refractivity contribution in [3.8, 4) is 5.69 Å². The van der Waals surface area contributed by atoms with E-state index in [1.54, 1.807) is 6.20 Å². The maximum atomic E-state index is 4.22. The molecule has 0 aliphatic rings. The van der Waals surface area contributed by atoms with E-state index in [2.05, 4.69) is 61.5 Å². The molecular weight excluding hydrogens is 234 g/mol. The molecule has 1 heterocycles. The van der Waals surface area contributed by atoms with Crippen molar-refractivity contribution in [2.24, 2.45) is 0 Å². The Hall–Kier alpha value is -1.87. The molecule has 1 N–H and O–H groups in total. The van der Waals surface area contributed by atoms with Crippen molar-refractivity contribution in [2.45, 2.75) is 26.8 Å². The van der Waals surface area contributed by atoms with Crippen molar-refractivity contribution in [3.05, 3.63) is 53.9 Å². The second kappa shape index (κ2) is 6.34. The normalized spacial score (nSPS) is 13.5. The third-order valence-corrected chi connectivity index (χ3v) is 3.25. The van der Waals surface area contributed by atoms with Crippen molar-refractivity contribution in [1.82, 2.24) is 15.1 Å². The SMILES string of the molecule is CCNC(C)/C(C)=C/c1ccc(-n2cccn2)cc1. The molecule has 100 valence electrons. The summed E-state index contributed by atoms with van der Waals surface area (Å²) in [6.45, 7) is 7.47. The fourth-order valence-corrected chi connectivity index (χ4v) is 2.00. The van der Waals surface area contributed by atoms with Gasteiger partial charge in [0.25, 0.3) is 0 Å². The molecule has 19 heavy (non-hydrogen) atoms. The van der Waals surface area contributed by atoms with Crippen LogP contribution in [-0.2, 0) is 0 Å². The number of nitrogens with zero attached hydrogens (tertiary/aromatic N) is 2. The van der Waals surface area contributed by atoms with Crippen molar-refractivity contribution < 1.29 is 0 Å². The fourth-order valence-electron chi connectivity index (χ4n) is 2.00. The Bertz CT molecular complexity index is 524. The van der Waals surface area contributed by atoms with Gasteiger partial charge in [0.15, 0.2) is 0 Å². The second-order valence-electron chi connectivity index (χ2n) is 4.71. The maximum Gasteiger partial charge on any atom is 0.0645 e. The summed E-state index contributed by atoms with van der Waals surface area (Å²) in [7, 11) is 0. The highest BCUT2D eigenvalue weighted by molar-refractivity contribution is 5.55. The molecule has 3 heteroatoms. The van der Waals surface area contributed by atoms with Crippen LogP contribution in [0, 0.1) is 0 Å². The number of likely N-dealkylation sites (N-methyl/N-ethyl adjacent to an activating group) is 1. The quantitative estimate of drug-likeness (QED) is 0.888. The van der Waals surface area contributed by atoms with E-state index in [9.17, 15) is 0 Å². The standard InChI is InChI=1S/C16H21N3/c1-4-17-14(3)13(2)12-15-6-8-16(9-7-15)19-11-5-10-18-19/h5-12,14,17H,4H2,1-3H3/b13-12+. The summed E-state index contributed by atoms with van der Waals surface area (Å²) in [4.78, 5) is 0. The summed E-state index contributed by atoms with van der Waals surface area (Å²) in [5.74, 6) is 0. The van der Waals surface area contributed by atoms with Gasteiger partial charge < -0.3 is 5.32 Å². The lowest BCUT2D eigenvalue weighted by Gasteiger charge is -2.13. The van der Waals surface area contributed by atoms with Crippen LogP contribution in [0.1, 0.15) is 26.3 Å². The average Bonchev–Trinajstić information content (AvgIpc) is 2.94. The molecule has 1 unspecified atom stereocenters. The molecule has 0 aliphatic heterocycles. The highest BCUT2D eigenvalue weighted by atomic mass is 15.3. The molecule has 2 rings (SSSR count). The zero-order chi connectivity index (χ0) is 13.7. The molecule has 0 aliphatic carbocycles. The molecule has 2 aromatic rings. The molecule has 1 atom stereocenters. The van der Waals surface area contributed by atoms with Crippen LogP contribution in [0.2, 0.25) is 0 Å². The van der Waals surface area contributed by atoms with Crippen molar-refractivity contribution in [3.63, 3.8) is 0 Å². The first-order chi connectivity index (χ1) is 9.20. The third kappa shape index (κ3) is 3.55. The minimum atomic E-state index is 0.413. The highest BCUT2D eigenvalue weighted by Gasteiger charge is 2.02. The van der Waals surface area contributed by atoms with E-state index >= 15 is 0 Å². The Morgan fingerprint density at radius 1 is 1.37 bits per heavy atom. The van der Waals surface area contributed by atoms with Gasteiger partial charge in [-0.25, -0.2) is 4.68 Å². The van der Waals surface area contributed by atoms with Gasteiger partial charge in [0.2, 0.25) is 0 Å². The zero-order valence-electron chi connectivity index (χ0n) is 11.8. The van der Waals surface area contributed by atoms with E-state index in [0.29, 0.717) is 6.04 Å². The number of hydrogen-bond donors (Lipinski definition) is 1. The van der Waals surface area contributed by atoms with Crippen molar-refractivity contribution >= 4 is 6.08 Å². The van der Waals surface area contributed by atoms with Gasteiger partial charge in [0, 0.05) is 18.4 Å². The Labute approximate surface area is 115 Å². The van der Waals surface area contributed by atoms with Gasteiger partial charge in [-0.3, -0.25) is 0 Å². The Balaban J connectivity index is 2.12. The maximum absolute atomic E-state index is 4.22. The minimum Gasteiger partial charge on any atom is -0.311 e. The van der Waals surface area contributed by atoms with Gasteiger partial charge in [0.1, 0.15) is 0 Å². The smallest absolute Gasteiger partial charge is 0.0645 e. The summed E-state index contributed by atoms with van der Waals surface area (Å²) in [6.07, 6.45) is 5.96. The van der Waals surface area contributed by atoms with Gasteiger partial charge in [-0.05, 0) is 44.2 Å². The topological polar surface area (TPSA) is 29.9 Å². The lowest BCUT2D eigenvalue weighted by atomic mass is 10.1. The molecule has 3 nitrogen and oxygen atoms in total. The summed E-state index contributed by atoms with van der Waals surface area (Å²) < 4.78 is 1.86. The molecule has 0 fully saturated rings. The van der Waals surface area contributed by atoms with Crippen LogP contribution in [0.15, 0.2) is 48.3 Å². The minimum absolute atomic E-state index is 0.413. The summed E-state index contributed by atoms with van der Waals surface area (Å²) >= 11 is 0. The summed E-state index contributed by atoms with van der Waals surface area (Å²) in [6, 6.07) is 10.8. The first-order valence-electron chi connectivity index (χ1n) is 6.72. The number of rotatable bonds is 5. The lowest BCUT2D eigenvalue weighted by molar-refractivity contribution is 0.636. The molecule has 1 aromatic heterocycles. The Morgan fingerprint density at radius 2 is 2.11 bits per heavy atom. The fraction of sp³-hybridized carbons (Fsp3) is 0.312. The highest BCUT2D eigenvalue weighted by Crippen LogP contribution is 2.13. The molecule has 1 aromatic carbocycles. The monoisotopic (exact) mass is 255 g/mol. The van der Waals surface area contributed by atoms with Crippen LogP contribution in [0.3, 0.4) is 0 Å². The van der Waals surface area contributed by atoms with E-state index in [-0.39, 0.29) is 0 Å². The first-order valence-corrected chi connectivity index (χ1v) is 6.72. The van der Waals surface area contributed by atoms with Crippen LogP contribution in [0.25, 0.3) is 11.8 Å². The van der Waals surface area contributed by atoms with Crippen LogP contribution in [0.5, 0.6) is 0 Å². The van der Waals surface area contributed by atoms with Gasteiger partial charge >= 0.3 is 0 Å². The Morgan fingerprint density at radius 3 is 2.68 bits per heavy atom. The molecule has 0 bridgehead atoms. The molecule has 0 spiro atoms. The molecule has 0 saturated carbocycles.